The van der Waals surface area contributed by atoms with Crippen molar-refractivity contribution >= 4 is 5.91 Å². The van der Waals surface area contributed by atoms with Crippen molar-refractivity contribution in [2.75, 3.05) is 7.11 Å². The highest BCUT2D eigenvalue weighted by Gasteiger charge is 2.25. The highest BCUT2D eigenvalue weighted by molar-refractivity contribution is 5.77. The molecule has 0 heterocycles. The molecule has 0 spiro atoms. The molecule has 0 radical (unpaired) electrons. The van der Waals surface area contributed by atoms with E-state index in [1.807, 2.05) is 24.3 Å². The largest absolute Gasteiger partial charge is 0.381 e. The molecule has 0 bridgehead atoms. The number of carbonyl (C=O) groups excluding carboxylic acids is 1. The van der Waals surface area contributed by atoms with Crippen LogP contribution in [0, 0.1) is 17.2 Å². The number of nitrogens with zero attached hydrogens (tertiary/aromatic N) is 1. The molecule has 1 aromatic carbocycles. The number of rotatable bonds is 5. The number of hydrogen-bond acceptors (Lipinski definition) is 3. The summed E-state index contributed by atoms with van der Waals surface area (Å²) in [6.07, 6.45) is 4.91. The fourth-order valence-electron chi connectivity index (χ4n) is 3.49. The second-order valence-electron chi connectivity index (χ2n) is 8.10. The average Bonchev–Trinajstić information content (AvgIpc) is 2.59. The predicted octanol–water partition coefficient (Wildman–Crippen LogP) is 4.26. The van der Waals surface area contributed by atoms with Gasteiger partial charge < -0.3 is 10.1 Å². The van der Waals surface area contributed by atoms with E-state index in [0.717, 1.165) is 31.2 Å². The van der Waals surface area contributed by atoms with Crippen LogP contribution in [-0.4, -0.2) is 19.1 Å². The summed E-state index contributed by atoms with van der Waals surface area (Å²) in [5, 5.41) is 12.3. The van der Waals surface area contributed by atoms with Gasteiger partial charge in [-0.15, -0.1) is 0 Å². The van der Waals surface area contributed by atoms with Crippen LogP contribution in [0.25, 0.3) is 0 Å². The van der Waals surface area contributed by atoms with E-state index >= 15 is 0 Å². The first-order valence-corrected chi connectivity index (χ1v) is 9.15. The molecular weight excluding hydrogens is 312 g/mol. The van der Waals surface area contributed by atoms with Gasteiger partial charge >= 0.3 is 0 Å². The third-order valence-corrected chi connectivity index (χ3v) is 5.09. The molecule has 3 unspecified atom stereocenters. The van der Waals surface area contributed by atoms with E-state index < -0.39 is 6.04 Å². The molecule has 136 valence electrons. The first kappa shape index (κ1) is 19.5. The molecule has 1 aliphatic rings. The van der Waals surface area contributed by atoms with Crippen LogP contribution in [0.15, 0.2) is 24.3 Å². The Bertz CT molecular complexity index is 610. The van der Waals surface area contributed by atoms with Crippen molar-refractivity contribution in [3.05, 3.63) is 35.4 Å². The van der Waals surface area contributed by atoms with E-state index in [9.17, 15) is 10.1 Å². The van der Waals surface area contributed by atoms with Gasteiger partial charge in [0.15, 0.2) is 0 Å². The molecule has 1 N–H and O–H groups in total. The molecule has 1 fully saturated rings. The predicted molar refractivity (Wildman–Crippen MR) is 99.0 cm³/mol. The lowest BCUT2D eigenvalue weighted by Crippen LogP contribution is -2.31. The Morgan fingerprint density at radius 2 is 2.00 bits per heavy atom. The minimum Gasteiger partial charge on any atom is -0.381 e. The third kappa shape index (κ3) is 5.57. The molecule has 0 aliphatic heterocycles. The third-order valence-electron chi connectivity index (χ3n) is 5.09. The van der Waals surface area contributed by atoms with Gasteiger partial charge in [0.05, 0.1) is 12.2 Å². The SMILES string of the molecule is COC1CCCC(CC(=O)NC(C#N)c2ccc(C(C)(C)C)cc2)C1. The summed E-state index contributed by atoms with van der Waals surface area (Å²) in [5.41, 5.74) is 2.12. The van der Waals surface area contributed by atoms with Gasteiger partial charge in [-0.05, 0) is 41.7 Å². The van der Waals surface area contributed by atoms with Gasteiger partial charge in [-0.2, -0.15) is 5.26 Å². The van der Waals surface area contributed by atoms with Gasteiger partial charge in [-0.25, -0.2) is 0 Å². The Kier molecular flexibility index (Phi) is 6.61. The standard InChI is InChI=1S/C21H30N2O2/c1-21(2,3)17-10-8-16(9-11-17)19(14-22)23-20(24)13-15-6-5-7-18(12-15)25-4/h8-11,15,18-19H,5-7,12-13H2,1-4H3,(H,23,24). The molecule has 0 aromatic heterocycles. The van der Waals surface area contributed by atoms with Crippen molar-refractivity contribution in [2.24, 2.45) is 5.92 Å². The van der Waals surface area contributed by atoms with Crippen molar-refractivity contribution in [3.8, 4) is 6.07 Å². The molecule has 4 heteroatoms. The van der Waals surface area contributed by atoms with Crippen LogP contribution >= 0.6 is 0 Å². The quantitative estimate of drug-likeness (QED) is 0.869. The molecule has 2 rings (SSSR count). The fraction of sp³-hybridized carbons (Fsp3) is 0.619. The van der Waals surface area contributed by atoms with Crippen molar-refractivity contribution in [1.82, 2.24) is 5.32 Å². The average molecular weight is 342 g/mol. The molecule has 1 amide bonds. The van der Waals surface area contributed by atoms with Crippen LogP contribution < -0.4 is 5.32 Å². The van der Waals surface area contributed by atoms with Crippen LogP contribution in [0.2, 0.25) is 0 Å². The van der Waals surface area contributed by atoms with Crippen LogP contribution in [0.5, 0.6) is 0 Å². The molecule has 1 saturated carbocycles. The van der Waals surface area contributed by atoms with Crippen LogP contribution in [0.4, 0.5) is 0 Å². The van der Waals surface area contributed by atoms with Crippen molar-refractivity contribution in [1.29, 1.82) is 5.26 Å². The highest BCUT2D eigenvalue weighted by Crippen LogP contribution is 2.29. The monoisotopic (exact) mass is 342 g/mol. The van der Waals surface area contributed by atoms with Gasteiger partial charge in [0.1, 0.15) is 6.04 Å². The van der Waals surface area contributed by atoms with E-state index in [-0.39, 0.29) is 17.4 Å². The Balaban J connectivity index is 1.95. The van der Waals surface area contributed by atoms with Crippen molar-refractivity contribution in [3.63, 3.8) is 0 Å². The molecule has 1 aliphatic carbocycles. The van der Waals surface area contributed by atoms with E-state index in [1.54, 1.807) is 7.11 Å². The Morgan fingerprint density at radius 3 is 2.56 bits per heavy atom. The lowest BCUT2D eigenvalue weighted by Gasteiger charge is -2.28. The zero-order chi connectivity index (χ0) is 18.4. The van der Waals surface area contributed by atoms with Gasteiger partial charge in [-0.3, -0.25) is 4.79 Å². The molecule has 1 aromatic rings. The maximum Gasteiger partial charge on any atom is 0.221 e. The summed E-state index contributed by atoms with van der Waals surface area (Å²) in [5.74, 6) is 0.300. The van der Waals surface area contributed by atoms with E-state index in [0.29, 0.717) is 12.3 Å². The number of carbonyl (C=O) groups is 1. The van der Waals surface area contributed by atoms with Gasteiger partial charge in [-0.1, -0.05) is 51.5 Å². The minimum absolute atomic E-state index is 0.0480. The van der Waals surface area contributed by atoms with Gasteiger partial charge in [0.25, 0.3) is 0 Å². The normalized spacial score (nSPS) is 22.0. The molecule has 0 saturated heterocycles. The molecule has 25 heavy (non-hydrogen) atoms. The lowest BCUT2D eigenvalue weighted by atomic mass is 9.84. The first-order chi connectivity index (χ1) is 11.8. The first-order valence-electron chi connectivity index (χ1n) is 9.15. The Morgan fingerprint density at radius 1 is 1.32 bits per heavy atom. The molecular formula is C21H30N2O2. The zero-order valence-electron chi connectivity index (χ0n) is 15.8. The topological polar surface area (TPSA) is 62.1 Å². The van der Waals surface area contributed by atoms with Crippen molar-refractivity contribution in [2.45, 2.75) is 70.4 Å². The number of ether oxygens (including phenoxy) is 1. The minimum atomic E-state index is -0.594. The Hall–Kier alpha value is -1.86. The van der Waals surface area contributed by atoms with E-state index in [4.69, 9.17) is 4.74 Å². The van der Waals surface area contributed by atoms with Crippen molar-refractivity contribution < 1.29 is 9.53 Å². The summed E-state index contributed by atoms with van der Waals surface area (Å²) in [7, 11) is 1.74. The number of benzene rings is 1. The van der Waals surface area contributed by atoms with Crippen LogP contribution in [-0.2, 0) is 14.9 Å². The van der Waals surface area contributed by atoms with Crippen LogP contribution in [0.3, 0.4) is 0 Å². The Labute approximate surface area is 151 Å². The van der Waals surface area contributed by atoms with E-state index in [1.165, 1.54) is 5.56 Å². The maximum atomic E-state index is 12.4. The second-order valence-corrected chi connectivity index (χ2v) is 8.10. The highest BCUT2D eigenvalue weighted by atomic mass is 16.5. The number of hydrogen-bond donors (Lipinski definition) is 1. The molecule has 4 nitrogen and oxygen atoms in total. The summed E-state index contributed by atoms with van der Waals surface area (Å²) in [6.45, 7) is 6.47. The second kappa shape index (κ2) is 8.49. The smallest absolute Gasteiger partial charge is 0.221 e. The van der Waals surface area contributed by atoms with Gasteiger partial charge in [0, 0.05) is 13.5 Å². The maximum absolute atomic E-state index is 12.4. The number of nitrogens with one attached hydrogen (secondary N) is 1. The molecule has 3 atom stereocenters. The van der Waals surface area contributed by atoms with Gasteiger partial charge in [0.2, 0.25) is 5.91 Å². The zero-order valence-corrected chi connectivity index (χ0v) is 15.8. The summed E-state index contributed by atoms with van der Waals surface area (Å²) < 4.78 is 5.43. The number of nitriles is 1. The van der Waals surface area contributed by atoms with E-state index in [2.05, 4.69) is 32.2 Å². The van der Waals surface area contributed by atoms with Crippen LogP contribution in [0.1, 0.15) is 70.0 Å². The number of methoxy groups -OCH3 is 1. The fourth-order valence-corrected chi connectivity index (χ4v) is 3.49. The number of amides is 1. The lowest BCUT2D eigenvalue weighted by molar-refractivity contribution is -0.123. The summed E-state index contributed by atoms with van der Waals surface area (Å²) in [4.78, 5) is 12.4. The summed E-state index contributed by atoms with van der Waals surface area (Å²) in [6, 6.07) is 9.57. The summed E-state index contributed by atoms with van der Waals surface area (Å²) >= 11 is 0.